The Labute approximate surface area is 132 Å². The Hall–Kier alpha value is -1.81. The minimum atomic E-state index is 0.946. The fourth-order valence-electron chi connectivity index (χ4n) is 3.18. The fraction of sp³-hybridized carbons (Fsp3) is 0.500. The summed E-state index contributed by atoms with van der Waals surface area (Å²) in [6.07, 6.45) is 0. The molecule has 118 valence electrons. The molecule has 0 saturated carbocycles. The zero-order valence-corrected chi connectivity index (χ0v) is 14.0. The number of hydrogen-bond acceptors (Lipinski definition) is 4. The third-order valence-electron chi connectivity index (χ3n) is 4.85. The molecule has 2 heterocycles. The summed E-state index contributed by atoms with van der Waals surface area (Å²) >= 11 is 0. The Bertz CT molecular complexity index is 635. The number of anilines is 1. The van der Waals surface area contributed by atoms with E-state index in [1.54, 1.807) is 0 Å². The molecule has 1 fully saturated rings. The Balaban J connectivity index is 1.64. The van der Waals surface area contributed by atoms with Gasteiger partial charge in [0.05, 0.1) is 5.69 Å². The summed E-state index contributed by atoms with van der Waals surface area (Å²) in [4.78, 5) is 5.00. The van der Waals surface area contributed by atoms with Crippen molar-refractivity contribution in [2.24, 2.45) is 0 Å². The van der Waals surface area contributed by atoms with Gasteiger partial charge in [-0.3, -0.25) is 4.90 Å². The van der Waals surface area contributed by atoms with E-state index in [0.717, 1.165) is 44.2 Å². The van der Waals surface area contributed by atoms with Gasteiger partial charge in [-0.25, -0.2) is 0 Å². The van der Waals surface area contributed by atoms with Gasteiger partial charge >= 0.3 is 0 Å². The quantitative estimate of drug-likeness (QED) is 0.871. The molecule has 4 heteroatoms. The van der Waals surface area contributed by atoms with Crippen LogP contribution < -0.4 is 4.90 Å². The summed E-state index contributed by atoms with van der Waals surface area (Å²) < 4.78 is 5.27. The van der Waals surface area contributed by atoms with E-state index in [1.165, 1.54) is 22.4 Å². The van der Waals surface area contributed by atoms with Crippen molar-refractivity contribution in [3.63, 3.8) is 0 Å². The zero-order valence-electron chi connectivity index (χ0n) is 14.0. The molecular formula is C18H25N3O. The zero-order chi connectivity index (χ0) is 15.7. The molecule has 2 aromatic rings. The van der Waals surface area contributed by atoms with E-state index in [2.05, 4.69) is 47.0 Å². The van der Waals surface area contributed by atoms with Gasteiger partial charge in [-0.2, -0.15) is 0 Å². The van der Waals surface area contributed by atoms with Crippen molar-refractivity contribution in [2.75, 3.05) is 31.1 Å². The SMILES string of the molecule is Cc1cccc(N2CCN(Cc3c(C)noc3C)CC2)c1C. The Morgan fingerprint density at radius 3 is 2.41 bits per heavy atom. The van der Waals surface area contributed by atoms with Gasteiger partial charge in [0.15, 0.2) is 0 Å². The first kappa shape index (κ1) is 15.1. The fourth-order valence-corrected chi connectivity index (χ4v) is 3.18. The van der Waals surface area contributed by atoms with E-state index in [4.69, 9.17) is 4.52 Å². The highest BCUT2D eigenvalue weighted by molar-refractivity contribution is 5.56. The van der Waals surface area contributed by atoms with E-state index in [-0.39, 0.29) is 0 Å². The monoisotopic (exact) mass is 299 g/mol. The van der Waals surface area contributed by atoms with Crippen LogP contribution in [0.1, 0.15) is 28.1 Å². The van der Waals surface area contributed by atoms with Crippen LogP contribution in [-0.4, -0.2) is 36.2 Å². The van der Waals surface area contributed by atoms with Crippen molar-refractivity contribution in [1.82, 2.24) is 10.1 Å². The Morgan fingerprint density at radius 2 is 1.77 bits per heavy atom. The molecule has 0 N–H and O–H groups in total. The molecule has 4 nitrogen and oxygen atoms in total. The van der Waals surface area contributed by atoms with Gasteiger partial charge in [-0.05, 0) is 44.9 Å². The first-order valence-electron chi connectivity index (χ1n) is 8.01. The van der Waals surface area contributed by atoms with E-state index in [1.807, 2.05) is 13.8 Å². The summed E-state index contributed by atoms with van der Waals surface area (Å²) in [5, 5.41) is 4.05. The maximum atomic E-state index is 5.27. The van der Waals surface area contributed by atoms with Crippen molar-refractivity contribution in [1.29, 1.82) is 0 Å². The maximum absolute atomic E-state index is 5.27. The molecule has 0 unspecified atom stereocenters. The summed E-state index contributed by atoms with van der Waals surface area (Å²) in [5.41, 5.74) is 6.43. The van der Waals surface area contributed by atoms with Crippen molar-refractivity contribution in [3.8, 4) is 0 Å². The number of rotatable bonds is 3. The lowest BCUT2D eigenvalue weighted by molar-refractivity contribution is 0.248. The number of piperazine rings is 1. The van der Waals surface area contributed by atoms with Crippen LogP contribution in [0.2, 0.25) is 0 Å². The van der Waals surface area contributed by atoms with Gasteiger partial charge in [0.2, 0.25) is 0 Å². The molecule has 0 atom stereocenters. The Kier molecular flexibility index (Phi) is 4.21. The highest BCUT2D eigenvalue weighted by Gasteiger charge is 2.21. The largest absolute Gasteiger partial charge is 0.369 e. The van der Waals surface area contributed by atoms with E-state index in [9.17, 15) is 0 Å². The smallest absolute Gasteiger partial charge is 0.138 e. The second-order valence-corrected chi connectivity index (χ2v) is 6.28. The standard InChI is InChI=1S/C18H25N3O/c1-13-6-5-7-18(14(13)2)21-10-8-20(9-11-21)12-17-15(3)19-22-16(17)4/h5-7H,8-12H2,1-4H3. The van der Waals surface area contributed by atoms with Gasteiger partial charge in [-0.15, -0.1) is 0 Å². The van der Waals surface area contributed by atoms with Crippen LogP contribution >= 0.6 is 0 Å². The average Bonchev–Trinajstić information content (AvgIpc) is 2.83. The molecule has 0 spiro atoms. The van der Waals surface area contributed by atoms with E-state index < -0.39 is 0 Å². The number of aryl methyl sites for hydroxylation is 3. The molecule has 22 heavy (non-hydrogen) atoms. The molecule has 1 aromatic carbocycles. The molecule has 0 aliphatic carbocycles. The van der Waals surface area contributed by atoms with Crippen LogP contribution in [0.5, 0.6) is 0 Å². The number of nitrogens with zero attached hydrogens (tertiary/aromatic N) is 3. The molecule has 1 saturated heterocycles. The molecule has 0 bridgehead atoms. The minimum absolute atomic E-state index is 0.946. The normalized spacial score (nSPS) is 16.3. The molecule has 0 amide bonds. The van der Waals surface area contributed by atoms with Crippen LogP contribution in [-0.2, 0) is 6.54 Å². The minimum Gasteiger partial charge on any atom is -0.369 e. The highest BCUT2D eigenvalue weighted by Crippen LogP contribution is 2.24. The average molecular weight is 299 g/mol. The maximum Gasteiger partial charge on any atom is 0.138 e. The molecule has 1 aliphatic heterocycles. The first-order chi connectivity index (χ1) is 10.6. The summed E-state index contributed by atoms with van der Waals surface area (Å²) in [5.74, 6) is 0.953. The molecule has 0 radical (unpaired) electrons. The lowest BCUT2D eigenvalue weighted by Crippen LogP contribution is -2.46. The summed E-state index contributed by atoms with van der Waals surface area (Å²) in [6, 6.07) is 6.59. The van der Waals surface area contributed by atoms with Crippen LogP contribution in [0.15, 0.2) is 22.7 Å². The first-order valence-corrected chi connectivity index (χ1v) is 8.01. The van der Waals surface area contributed by atoms with Gasteiger partial charge < -0.3 is 9.42 Å². The van der Waals surface area contributed by atoms with Crippen LogP contribution in [0.4, 0.5) is 5.69 Å². The number of benzene rings is 1. The summed E-state index contributed by atoms with van der Waals surface area (Å²) in [6.45, 7) is 13.7. The summed E-state index contributed by atoms with van der Waals surface area (Å²) in [7, 11) is 0. The molecule has 1 aliphatic rings. The van der Waals surface area contributed by atoms with Gasteiger partial charge in [-0.1, -0.05) is 17.3 Å². The van der Waals surface area contributed by atoms with Crippen molar-refractivity contribution in [2.45, 2.75) is 34.2 Å². The molecular weight excluding hydrogens is 274 g/mol. The second kappa shape index (κ2) is 6.13. The topological polar surface area (TPSA) is 32.5 Å². The van der Waals surface area contributed by atoms with Crippen molar-refractivity contribution >= 4 is 5.69 Å². The number of aromatic nitrogens is 1. The predicted octanol–water partition coefficient (Wildman–Crippen LogP) is 3.23. The molecule has 3 rings (SSSR count). The third-order valence-corrected chi connectivity index (χ3v) is 4.85. The van der Waals surface area contributed by atoms with Gasteiger partial charge in [0.25, 0.3) is 0 Å². The Morgan fingerprint density at radius 1 is 1.05 bits per heavy atom. The number of hydrogen-bond donors (Lipinski definition) is 0. The van der Waals surface area contributed by atoms with Crippen LogP contribution in [0.25, 0.3) is 0 Å². The lowest BCUT2D eigenvalue weighted by atomic mass is 10.1. The van der Waals surface area contributed by atoms with Gasteiger partial charge in [0, 0.05) is 44.0 Å². The van der Waals surface area contributed by atoms with Crippen LogP contribution in [0.3, 0.4) is 0 Å². The van der Waals surface area contributed by atoms with Gasteiger partial charge in [0.1, 0.15) is 5.76 Å². The highest BCUT2D eigenvalue weighted by atomic mass is 16.5. The predicted molar refractivity (Wildman–Crippen MR) is 89.4 cm³/mol. The van der Waals surface area contributed by atoms with E-state index >= 15 is 0 Å². The lowest BCUT2D eigenvalue weighted by Gasteiger charge is -2.37. The van der Waals surface area contributed by atoms with Crippen molar-refractivity contribution in [3.05, 3.63) is 46.3 Å². The van der Waals surface area contributed by atoms with Crippen molar-refractivity contribution < 1.29 is 4.52 Å². The van der Waals surface area contributed by atoms with Crippen LogP contribution in [0, 0.1) is 27.7 Å². The second-order valence-electron chi connectivity index (χ2n) is 6.28. The molecule has 1 aromatic heterocycles. The van der Waals surface area contributed by atoms with E-state index in [0.29, 0.717) is 0 Å². The third kappa shape index (κ3) is 2.88.